The first-order valence-electron chi connectivity index (χ1n) is 4.39. The fourth-order valence-electron chi connectivity index (χ4n) is 2.13. The van der Waals surface area contributed by atoms with Crippen LogP contribution in [-0.2, 0) is 4.74 Å². The van der Waals surface area contributed by atoms with Gasteiger partial charge in [0.1, 0.15) is 7.05 Å². The van der Waals surface area contributed by atoms with Crippen LogP contribution < -0.4 is 10.4 Å². The summed E-state index contributed by atoms with van der Waals surface area (Å²) in [6, 6.07) is 0. The maximum atomic E-state index is 5.35. The van der Waals surface area contributed by atoms with E-state index in [1.54, 1.807) is 0 Å². The lowest BCUT2D eigenvalue weighted by atomic mass is 9.88. The molecule has 2 rings (SSSR count). The van der Waals surface area contributed by atoms with Crippen LogP contribution in [0.15, 0.2) is 0 Å². The van der Waals surface area contributed by atoms with E-state index in [1.165, 1.54) is 19.3 Å². The fraction of sp³-hybridized carbons (Fsp3) is 1.00. The Morgan fingerprint density at radius 2 is 2.00 bits per heavy atom. The Kier molecular flexibility index (Phi) is 1.87. The van der Waals surface area contributed by atoms with Crippen LogP contribution in [0.4, 0.5) is 0 Å². The first-order valence-corrected chi connectivity index (χ1v) is 4.39. The number of rotatable bonds is 0. The lowest BCUT2D eigenvalue weighted by Crippen LogP contribution is -2.53. The third kappa shape index (κ3) is 1.17. The number of hydrogen-bond acceptors (Lipinski definition) is 3. The van der Waals surface area contributed by atoms with Crippen LogP contribution in [0, 0.1) is 0 Å². The first kappa shape index (κ1) is 7.53. The third-order valence-corrected chi connectivity index (χ3v) is 3.07. The molecule has 2 aliphatic rings. The molecule has 2 saturated heterocycles. The highest BCUT2D eigenvalue weighted by molar-refractivity contribution is 4.96. The minimum Gasteiger partial charge on any atom is -0.381 e. The van der Waals surface area contributed by atoms with E-state index in [9.17, 15) is 0 Å². The second-order valence-electron chi connectivity index (χ2n) is 3.55. The van der Waals surface area contributed by atoms with Crippen molar-refractivity contribution in [1.82, 2.24) is 10.4 Å². The Bertz CT molecular complexity index is 143. The van der Waals surface area contributed by atoms with Gasteiger partial charge in [0.2, 0.25) is 0 Å². The van der Waals surface area contributed by atoms with Gasteiger partial charge in [-0.3, -0.25) is 0 Å². The largest absolute Gasteiger partial charge is 0.381 e. The highest BCUT2D eigenvalue weighted by atomic mass is 16.5. The van der Waals surface area contributed by atoms with E-state index in [1.807, 2.05) is 0 Å². The molecule has 3 heteroatoms. The quantitative estimate of drug-likeness (QED) is 0.508. The van der Waals surface area contributed by atoms with E-state index >= 15 is 0 Å². The SMILES string of the molecule is C[N+]1NCCC12CCOCC2. The molecule has 1 radical (unpaired) electrons. The predicted molar refractivity (Wildman–Crippen MR) is 43.5 cm³/mol. The van der Waals surface area contributed by atoms with Crippen molar-refractivity contribution in [3.8, 4) is 0 Å². The summed E-state index contributed by atoms with van der Waals surface area (Å²) in [6.45, 7) is 3.01. The van der Waals surface area contributed by atoms with Gasteiger partial charge in [0.05, 0.1) is 19.8 Å². The number of nitrogens with zero attached hydrogens (tertiary/aromatic N) is 1. The third-order valence-electron chi connectivity index (χ3n) is 3.07. The Balaban J connectivity index is 2.06. The Morgan fingerprint density at radius 1 is 1.27 bits per heavy atom. The van der Waals surface area contributed by atoms with Crippen LogP contribution >= 0.6 is 0 Å². The smallest absolute Gasteiger partial charge is 0.169 e. The molecule has 0 amide bonds. The molecular formula is C8H16N2O+. The van der Waals surface area contributed by atoms with E-state index in [4.69, 9.17) is 4.74 Å². The maximum Gasteiger partial charge on any atom is 0.169 e. The van der Waals surface area contributed by atoms with Crippen molar-refractivity contribution in [2.75, 3.05) is 26.8 Å². The average molecular weight is 156 g/mol. The van der Waals surface area contributed by atoms with Crippen LogP contribution in [-0.4, -0.2) is 32.3 Å². The van der Waals surface area contributed by atoms with Crippen LogP contribution in [0.2, 0.25) is 0 Å². The van der Waals surface area contributed by atoms with Crippen molar-refractivity contribution >= 4 is 0 Å². The average Bonchev–Trinajstić information content (AvgIpc) is 2.36. The molecular weight excluding hydrogens is 140 g/mol. The standard InChI is InChI=1S/C8H16N2O/c1-10-8(2-5-9-10)3-6-11-7-4-8/h9H,2-7H2,1H3/q+1. The first-order chi connectivity index (χ1) is 5.33. The van der Waals surface area contributed by atoms with Crippen LogP contribution in [0.3, 0.4) is 0 Å². The van der Waals surface area contributed by atoms with E-state index in [2.05, 4.69) is 17.5 Å². The Hall–Kier alpha value is -0.120. The van der Waals surface area contributed by atoms with Crippen LogP contribution in [0.25, 0.3) is 0 Å². The molecule has 0 aromatic rings. The summed E-state index contributed by atoms with van der Waals surface area (Å²) in [6.07, 6.45) is 3.67. The van der Waals surface area contributed by atoms with Gasteiger partial charge in [0.15, 0.2) is 5.54 Å². The lowest BCUT2D eigenvalue weighted by Gasteiger charge is -2.29. The zero-order chi connectivity index (χ0) is 7.73. The second-order valence-corrected chi connectivity index (χ2v) is 3.55. The highest BCUT2D eigenvalue weighted by Crippen LogP contribution is 2.30. The number of nitrogens with one attached hydrogen (secondary N) is 1. The Morgan fingerprint density at radius 3 is 2.55 bits per heavy atom. The molecule has 0 unspecified atom stereocenters. The van der Waals surface area contributed by atoms with Crippen molar-refractivity contribution in [2.24, 2.45) is 0 Å². The molecule has 11 heavy (non-hydrogen) atoms. The van der Waals surface area contributed by atoms with Gasteiger partial charge in [-0.2, -0.15) is 0 Å². The van der Waals surface area contributed by atoms with Crippen molar-refractivity contribution < 1.29 is 4.74 Å². The van der Waals surface area contributed by atoms with E-state index in [0.29, 0.717) is 5.54 Å². The number of ether oxygens (including phenoxy) is 1. The fourth-order valence-corrected chi connectivity index (χ4v) is 2.13. The molecule has 2 heterocycles. The minimum absolute atomic E-state index is 0.429. The van der Waals surface area contributed by atoms with Gasteiger partial charge in [-0.05, 0) is 0 Å². The van der Waals surface area contributed by atoms with Gasteiger partial charge in [0, 0.05) is 19.3 Å². The van der Waals surface area contributed by atoms with Gasteiger partial charge in [-0.1, -0.05) is 5.01 Å². The summed E-state index contributed by atoms with van der Waals surface area (Å²) >= 11 is 0. The molecule has 0 saturated carbocycles. The van der Waals surface area contributed by atoms with E-state index < -0.39 is 0 Å². The topological polar surface area (TPSA) is 27.2 Å². The summed E-state index contributed by atoms with van der Waals surface area (Å²) < 4.78 is 5.35. The number of hydrazine groups is 1. The Labute approximate surface area is 67.7 Å². The summed E-state index contributed by atoms with van der Waals surface area (Å²) in [5.41, 5.74) is 3.79. The predicted octanol–water partition coefficient (Wildman–Crippen LogP) is 0.214. The molecule has 0 aliphatic carbocycles. The van der Waals surface area contributed by atoms with Gasteiger partial charge in [-0.15, -0.1) is 5.43 Å². The molecule has 3 nitrogen and oxygen atoms in total. The van der Waals surface area contributed by atoms with Crippen LogP contribution in [0.5, 0.6) is 0 Å². The summed E-state index contributed by atoms with van der Waals surface area (Å²) in [7, 11) is 2.15. The van der Waals surface area contributed by atoms with Gasteiger partial charge in [-0.25, -0.2) is 0 Å². The van der Waals surface area contributed by atoms with Crippen molar-refractivity contribution in [3.63, 3.8) is 0 Å². The van der Waals surface area contributed by atoms with Crippen molar-refractivity contribution in [2.45, 2.75) is 24.8 Å². The lowest BCUT2D eigenvalue weighted by molar-refractivity contribution is 0.0219. The molecule has 1 N–H and O–H groups in total. The molecule has 0 bridgehead atoms. The molecule has 0 atom stereocenters. The van der Waals surface area contributed by atoms with E-state index in [-0.39, 0.29) is 0 Å². The summed E-state index contributed by atoms with van der Waals surface area (Å²) in [5, 5.41) is 2.29. The van der Waals surface area contributed by atoms with Crippen molar-refractivity contribution in [3.05, 3.63) is 0 Å². The highest BCUT2D eigenvalue weighted by Gasteiger charge is 2.48. The zero-order valence-electron chi connectivity index (χ0n) is 7.10. The maximum absolute atomic E-state index is 5.35. The summed E-state index contributed by atoms with van der Waals surface area (Å²) in [4.78, 5) is 0. The minimum atomic E-state index is 0.429. The van der Waals surface area contributed by atoms with Gasteiger partial charge < -0.3 is 4.74 Å². The van der Waals surface area contributed by atoms with Crippen molar-refractivity contribution in [1.29, 1.82) is 0 Å². The second kappa shape index (κ2) is 2.73. The summed E-state index contributed by atoms with van der Waals surface area (Å²) in [5.74, 6) is 0. The normalized spacial score (nSPS) is 31.4. The number of hydrogen-bond donors (Lipinski definition) is 1. The zero-order valence-corrected chi connectivity index (χ0v) is 7.10. The molecule has 1 spiro atoms. The molecule has 63 valence electrons. The van der Waals surface area contributed by atoms with E-state index in [0.717, 1.165) is 19.8 Å². The van der Waals surface area contributed by atoms with Crippen LogP contribution in [0.1, 0.15) is 19.3 Å². The van der Waals surface area contributed by atoms with Gasteiger partial charge >= 0.3 is 0 Å². The monoisotopic (exact) mass is 156 g/mol. The molecule has 0 aromatic heterocycles. The molecule has 2 aliphatic heterocycles. The molecule has 2 fully saturated rings. The molecule has 0 aromatic carbocycles. The van der Waals surface area contributed by atoms with Gasteiger partial charge in [0.25, 0.3) is 0 Å².